The number of anilines is 1. The standard InChI is InChI=1S/C13H21N3O3S/c1-9(2)7-16(8-13(15)17)20(18,19)12-5-10(3)4-11(14)6-12/h4-6,9H,7-8,14H2,1-3H3,(H2,15,17). The number of nitrogens with zero attached hydrogens (tertiary/aromatic N) is 1. The summed E-state index contributed by atoms with van der Waals surface area (Å²) in [5, 5.41) is 0. The quantitative estimate of drug-likeness (QED) is 0.754. The van der Waals surface area contributed by atoms with E-state index in [1.165, 1.54) is 12.1 Å². The number of amides is 1. The van der Waals surface area contributed by atoms with Crippen LogP contribution in [0.25, 0.3) is 0 Å². The van der Waals surface area contributed by atoms with Gasteiger partial charge in [0.2, 0.25) is 15.9 Å². The molecule has 0 radical (unpaired) electrons. The normalized spacial score (nSPS) is 12.1. The summed E-state index contributed by atoms with van der Waals surface area (Å²) in [5.41, 5.74) is 11.9. The van der Waals surface area contributed by atoms with Crippen LogP contribution in [0.4, 0.5) is 5.69 Å². The van der Waals surface area contributed by atoms with Crippen LogP contribution in [0.2, 0.25) is 0 Å². The minimum Gasteiger partial charge on any atom is -0.399 e. The van der Waals surface area contributed by atoms with Crippen molar-refractivity contribution in [2.24, 2.45) is 11.7 Å². The van der Waals surface area contributed by atoms with E-state index in [4.69, 9.17) is 11.5 Å². The predicted octanol–water partition coefficient (Wildman–Crippen LogP) is 0.709. The number of rotatable bonds is 6. The van der Waals surface area contributed by atoms with Gasteiger partial charge in [-0.2, -0.15) is 4.31 Å². The van der Waals surface area contributed by atoms with E-state index in [-0.39, 0.29) is 23.9 Å². The number of carbonyl (C=O) groups is 1. The maximum Gasteiger partial charge on any atom is 0.243 e. The van der Waals surface area contributed by atoms with Gasteiger partial charge in [-0.15, -0.1) is 0 Å². The predicted molar refractivity (Wildman–Crippen MR) is 78.4 cm³/mol. The molecule has 0 unspecified atom stereocenters. The number of sulfonamides is 1. The van der Waals surface area contributed by atoms with E-state index in [0.29, 0.717) is 5.69 Å². The molecular formula is C13H21N3O3S. The molecule has 0 aliphatic rings. The first-order chi connectivity index (χ1) is 9.12. The highest BCUT2D eigenvalue weighted by molar-refractivity contribution is 7.89. The smallest absolute Gasteiger partial charge is 0.243 e. The summed E-state index contributed by atoms with van der Waals surface area (Å²) in [6.45, 7) is 5.38. The molecule has 1 aromatic carbocycles. The lowest BCUT2D eigenvalue weighted by molar-refractivity contribution is -0.118. The number of hydrogen-bond acceptors (Lipinski definition) is 4. The lowest BCUT2D eigenvalue weighted by Gasteiger charge is -2.23. The second kappa shape index (κ2) is 6.23. The van der Waals surface area contributed by atoms with E-state index in [1.807, 2.05) is 13.8 Å². The van der Waals surface area contributed by atoms with Crippen molar-refractivity contribution in [3.63, 3.8) is 0 Å². The van der Waals surface area contributed by atoms with Crippen molar-refractivity contribution in [2.45, 2.75) is 25.7 Å². The Morgan fingerprint density at radius 2 is 1.90 bits per heavy atom. The fourth-order valence-electron chi connectivity index (χ4n) is 1.90. The molecule has 7 heteroatoms. The van der Waals surface area contributed by atoms with Crippen molar-refractivity contribution < 1.29 is 13.2 Å². The Bertz CT molecular complexity index is 577. The third-order valence-corrected chi connectivity index (χ3v) is 4.40. The number of carbonyl (C=O) groups excluding carboxylic acids is 1. The summed E-state index contributed by atoms with van der Waals surface area (Å²) >= 11 is 0. The highest BCUT2D eigenvalue weighted by Gasteiger charge is 2.27. The van der Waals surface area contributed by atoms with Crippen LogP contribution in [0.5, 0.6) is 0 Å². The van der Waals surface area contributed by atoms with Gasteiger partial charge in [0.15, 0.2) is 0 Å². The molecule has 0 spiro atoms. The molecule has 1 aromatic rings. The average molecular weight is 299 g/mol. The molecule has 1 amide bonds. The number of hydrogen-bond donors (Lipinski definition) is 2. The Balaban J connectivity index is 3.24. The van der Waals surface area contributed by atoms with Crippen molar-refractivity contribution in [1.29, 1.82) is 0 Å². The van der Waals surface area contributed by atoms with E-state index in [9.17, 15) is 13.2 Å². The fourth-order valence-corrected chi connectivity index (χ4v) is 3.61. The zero-order valence-electron chi connectivity index (χ0n) is 12.0. The summed E-state index contributed by atoms with van der Waals surface area (Å²) in [6.07, 6.45) is 0. The van der Waals surface area contributed by atoms with Crippen molar-refractivity contribution in [3.8, 4) is 0 Å². The van der Waals surface area contributed by atoms with Crippen LogP contribution in [-0.4, -0.2) is 31.7 Å². The van der Waals surface area contributed by atoms with Gasteiger partial charge < -0.3 is 11.5 Å². The van der Waals surface area contributed by atoms with Crippen molar-refractivity contribution >= 4 is 21.6 Å². The van der Waals surface area contributed by atoms with Gasteiger partial charge in [0, 0.05) is 12.2 Å². The zero-order valence-corrected chi connectivity index (χ0v) is 12.8. The summed E-state index contributed by atoms with van der Waals surface area (Å²) in [7, 11) is -3.78. The van der Waals surface area contributed by atoms with Crippen LogP contribution >= 0.6 is 0 Å². The molecule has 0 aromatic heterocycles. The molecular weight excluding hydrogens is 278 g/mol. The minimum absolute atomic E-state index is 0.0753. The van der Waals surface area contributed by atoms with Gasteiger partial charge in [-0.1, -0.05) is 13.8 Å². The summed E-state index contributed by atoms with van der Waals surface area (Å²) < 4.78 is 26.2. The Hall–Kier alpha value is -1.60. The Labute approximate surface area is 119 Å². The Morgan fingerprint density at radius 1 is 1.30 bits per heavy atom. The summed E-state index contributed by atoms with van der Waals surface area (Å²) in [5.74, 6) is -0.610. The fraction of sp³-hybridized carbons (Fsp3) is 0.462. The van der Waals surface area contributed by atoms with Gasteiger partial charge in [0.05, 0.1) is 11.4 Å². The number of nitrogen functional groups attached to an aromatic ring is 1. The van der Waals surface area contributed by atoms with E-state index in [0.717, 1.165) is 9.87 Å². The number of benzene rings is 1. The van der Waals surface area contributed by atoms with Gasteiger partial charge in [0.25, 0.3) is 0 Å². The molecule has 0 atom stereocenters. The van der Waals surface area contributed by atoms with Crippen LogP contribution in [0.15, 0.2) is 23.1 Å². The first kappa shape index (κ1) is 16.5. The van der Waals surface area contributed by atoms with E-state index in [2.05, 4.69) is 0 Å². The molecule has 6 nitrogen and oxygen atoms in total. The van der Waals surface area contributed by atoms with Gasteiger partial charge in [-0.25, -0.2) is 8.42 Å². The molecule has 1 rings (SSSR count). The largest absolute Gasteiger partial charge is 0.399 e. The summed E-state index contributed by atoms with van der Waals surface area (Å²) in [6, 6.07) is 4.59. The topological polar surface area (TPSA) is 106 Å². The third kappa shape index (κ3) is 4.21. The second-order valence-electron chi connectivity index (χ2n) is 5.24. The van der Waals surface area contributed by atoms with Crippen LogP contribution in [0, 0.1) is 12.8 Å². The molecule has 0 aliphatic carbocycles. The number of primary amides is 1. The number of nitrogens with two attached hydrogens (primary N) is 2. The molecule has 0 fully saturated rings. The Kier molecular flexibility index (Phi) is 5.13. The maximum absolute atomic E-state index is 12.6. The van der Waals surface area contributed by atoms with Gasteiger partial charge >= 0.3 is 0 Å². The first-order valence-corrected chi connectivity index (χ1v) is 7.72. The molecule has 4 N–H and O–H groups in total. The summed E-state index contributed by atoms with van der Waals surface area (Å²) in [4.78, 5) is 11.2. The molecule has 0 bridgehead atoms. The molecule has 0 saturated carbocycles. The average Bonchev–Trinajstić information content (AvgIpc) is 2.25. The zero-order chi connectivity index (χ0) is 15.5. The van der Waals surface area contributed by atoms with E-state index in [1.54, 1.807) is 13.0 Å². The minimum atomic E-state index is -3.78. The van der Waals surface area contributed by atoms with Crippen LogP contribution in [0.1, 0.15) is 19.4 Å². The molecule has 0 heterocycles. The maximum atomic E-state index is 12.6. The Morgan fingerprint density at radius 3 is 2.35 bits per heavy atom. The molecule has 20 heavy (non-hydrogen) atoms. The van der Waals surface area contributed by atoms with Crippen LogP contribution < -0.4 is 11.5 Å². The molecule has 0 aliphatic heterocycles. The van der Waals surface area contributed by atoms with Crippen molar-refractivity contribution in [2.75, 3.05) is 18.8 Å². The van der Waals surface area contributed by atoms with Crippen molar-refractivity contribution in [3.05, 3.63) is 23.8 Å². The number of aryl methyl sites for hydroxylation is 1. The van der Waals surface area contributed by atoms with Gasteiger partial charge in [0.1, 0.15) is 0 Å². The van der Waals surface area contributed by atoms with E-state index >= 15 is 0 Å². The monoisotopic (exact) mass is 299 g/mol. The highest BCUT2D eigenvalue weighted by atomic mass is 32.2. The van der Waals surface area contributed by atoms with Crippen molar-refractivity contribution in [1.82, 2.24) is 4.31 Å². The highest BCUT2D eigenvalue weighted by Crippen LogP contribution is 2.21. The van der Waals surface area contributed by atoms with Crippen LogP contribution in [0.3, 0.4) is 0 Å². The van der Waals surface area contributed by atoms with Gasteiger partial charge in [-0.3, -0.25) is 4.79 Å². The SMILES string of the molecule is Cc1cc(N)cc(S(=O)(=O)N(CC(N)=O)CC(C)C)c1. The first-order valence-electron chi connectivity index (χ1n) is 6.28. The third-order valence-electron chi connectivity index (χ3n) is 2.61. The lowest BCUT2D eigenvalue weighted by atomic mass is 10.2. The van der Waals surface area contributed by atoms with E-state index < -0.39 is 15.9 Å². The second-order valence-corrected chi connectivity index (χ2v) is 7.18. The molecule has 112 valence electrons. The van der Waals surface area contributed by atoms with Crippen LogP contribution in [-0.2, 0) is 14.8 Å². The van der Waals surface area contributed by atoms with Gasteiger partial charge in [-0.05, 0) is 36.6 Å². The molecule has 0 saturated heterocycles. The lowest BCUT2D eigenvalue weighted by Crippen LogP contribution is -2.40.